The Labute approximate surface area is 129 Å². The number of carbonyl (C=O) groups is 1. The van der Waals surface area contributed by atoms with E-state index in [4.69, 9.17) is 4.52 Å². The van der Waals surface area contributed by atoms with Crippen molar-refractivity contribution in [2.45, 2.75) is 38.6 Å². The molecule has 0 spiro atoms. The first-order chi connectivity index (χ1) is 10.7. The lowest BCUT2D eigenvalue weighted by Gasteiger charge is -2.30. The molecule has 0 aromatic carbocycles. The lowest BCUT2D eigenvalue weighted by Crippen LogP contribution is -2.38. The molecule has 2 amide bonds. The lowest BCUT2D eigenvalue weighted by atomic mass is 10.0. The molecule has 1 unspecified atom stereocenters. The molecule has 1 atom stereocenters. The molecule has 0 saturated carbocycles. The number of pyridine rings is 1. The van der Waals surface area contributed by atoms with Crippen LogP contribution in [0.25, 0.3) is 0 Å². The SMILES string of the molecule is Cc1cc(NC(=O)N2CCCCCC2c2ccncc2)no1. The fraction of sp³-hybridized carbons (Fsp3) is 0.438. The van der Waals surface area contributed by atoms with E-state index in [1.54, 1.807) is 25.4 Å². The topological polar surface area (TPSA) is 71.3 Å². The molecule has 3 rings (SSSR count). The number of aryl methyl sites for hydroxylation is 1. The molecule has 2 aromatic heterocycles. The molecule has 1 saturated heterocycles. The second-order valence-corrected chi connectivity index (χ2v) is 5.59. The number of hydrogen-bond donors (Lipinski definition) is 1. The number of rotatable bonds is 2. The van der Waals surface area contributed by atoms with E-state index in [1.165, 1.54) is 0 Å². The molecule has 2 aromatic rings. The number of urea groups is 1. The van der Waals surface area contributed by atoms with Crippen LogP contribution in [0.5, 0.6) is 0 Å². The highest BCUT2D eigenvalue weighted by molar-refractivity contribution is 5.88. The Balaban J connectivity index is 1.79. The molecule has 116 valence electrons. The quantitative estimate of drug-likeness (QED) is 0.921. The van der Waals surface area contributed by atoms with Crippen molar-refractivity contribution in [3.8, 4) is 0 Å². The second-order valence-electron chi connectivity index (χ2n) is 5.59. The predicted octanol–water partition coefficient (Wildman–Crippen LogP) is 3.53. The zero-order valence-electron chi connectivity index (χ0n) is 12.7. The summed E-state index contributed by atoms with van der Waals surface area (Å²) in [5, 5.41) is 6.65. The highest BCUT2D eigenvalue weighted by Crippen LogP contribution is 2.30. The molecule has 6 nitrogen and oxygen atoms in total. The summed E-state index contributed by atoms with van der Waals surface area (Å²) in [4.78, 5) is 18.6. The summed E-state index contributed by atoms with van der Waals surface area (Å²) in [7, 11) is 0. The second kappa shape index (κ2) is 6.60. The van der Waals surface area contributed by atoms with E-state index in [0.29, 0.717) is 11.6 Å². The van der Waals surface area contributed by atoms with Crippen LogP contribution in [0, 0.1) is 6.92 Å². The zero-order chi connectivity index (χ0) is 15.4. The summed E-state index contributed by atoms with van der Waals surface area (Å²) < 4.78 is 5.00. The smallest absolute Gasteiger partial charge is 0.323 e. The molecule has 3 heterocycles. The van der Waals surface area contributed by atoms with Gasteiger partial charge in [-0.3, -0.25) is 10.3 Å². The van der Waals surface area contributed by atoms with Gasteiger partial charge in [-0.1, -0.05) is 18.0 Å². The van der Waals surface area contributed by atoms with Crippen LogP contribution in [0.4, 0.5) is 10.6 Å². The monoisotopic (exact) mass is 300 g/mol. The minimum atomic E-state index is -0.128. The maximum absolute atomic E-state index is 12.6. The van der Waals surface area contributed by atoms with Gasteiger partial charge in [-0.15, -0.1) is 0 Å². The van der Waals surface area contributed by atoms with Crippen molar-refractivity contribution in [2.24, 2.45) is 0 Å². The Morgan fingerprint density at radius 1 is 1.32 bits per heavy atom. The first-order valence-corrected chi connectivity index (χ1v) is 7.65. The number of nitrogens with zero attached hydrogens (tertiary/aromatic N) is 3. The fourth-order valence-corrected chi connectivity index (χ4v) is 2.89. The molecule has 0 aliphatic carbocycles. The number of nitrogens with one attached hydrogen (secondary N) is 1. The highest BCUT2D eigenvalue weighted by Gasteiger charge is 2.27. The number of carbonyl (C=O) groups excluding carboxylic acids is 1. The molecule has 0 bridgehead atoms. The molecule has 1 fully saturated rings. The first kappa shape index (κ1) is 14.6. The van der Waals surface area contributed by atoms with Gasteiger partial charge in [0, 0.05) is 25.0 Å². The van der Waals surface area contributed by atoms with Crippen molar-refractivity contribution in [1.29, 1.82) is 0 Å². The third-order valence-electron chi connectivity index (χ3n) is 3.97. The molecular formula is C16H20N4O2. The Hall–Kier alpha value is -2.37. The average Bonchev–Trinajstić information content (AvgIpc) is 2.80. The van der Waals surface area contributed by atoms with Crippen molar-refractivity contribution in [2.75, 3.05) is 11.9 Å². The van der Waals surface area contributed by atoms with E-state index >= 15 is 0 Å². The molecule has 22 heavy (non-hydrogen) atoms. The summed E-state index contributed by atoms with van der Waals surface area (Å²) in [6, 6.07) is 5.64. The van der Waals surface area contributed by atoms with E-state index in [0.717, 1.165) is 37.8 Å². The summed E-state index contributed by atoms with van der Waals surface area (Å²) in [6.07, 6.45) is 7.81. The molecule has 6 heteroatoms. The van der Waals surface area contributed by atoms with Crippen molar-refractivity contribution >= 4 is 11.8 Å². The predicted molar refractivity (Wildman–Crippen MR) is 82.4 cm³/mol. The van der Waals surface area contributed by atoms with E-state index in [9.17, 15) is 4.79 Å². The minimum absolute atomic E-state index is 0.0819. The van der Waals surface area contributed by atoms with Crippen LogP contribution in [-0.4, -0.2) is 27.6 Å². The van der Waals surface area contributed by atoms with Crippen LogP contribution in [0.1, 0.15) is 43.0 Å². The average molecular weight is 300 g/mol. The van der Waals surface area contributed by atoms with Gasteiger partial charge >= 0.3 is 6.03 Å². The lowest BCUT2D eigenvalue weighted by molar-refractivity contribution is 0.189. The van der Waals surface area contributed by atoms with Gasteiger partial charge in [0.25, 0.3) is 0 Å². The maximum Gasteiger partial charge on any atom is 0.323 e. The summed E-state index contributed by atoms with van der Waals surface area (Å²) in [5.41, 5.74) is 1.13. The molecule has 1 aliphatic heterocycles. The van der Waals surface area contributed by atoms with E-state index < -0.39 is 0 Å². The number of amides is 2. The highest BCUT2D eigenvalue weighted by atomic mass is 16.5. The third kappa shape index (κ3) is 3.27. The Morgan fingerprint density at radius 2 is 2.14 bits per heavy atom. The Morgan fingerprint density at radius 3 is 2.86 bits per heavy atom. The third-order valence-corrected chi connectivity index (χ3v) is 3.97. The zero-order valence-corrected chi connectivity index (χ0v) is 12.7. The number of aromatic nitrogens is 2. The minimum Gasteiger partial charge on any atom is -0.360 e. The van der Waals surface area contributed by atoms with Gasteiger partial charge in [-0.05, 0) is 37.5 Å². The van der Waals surface area contributed by atoms with E-state index in [1.807, 2.05) is 17.0 Å². The van der Waals surface area contributed by atoms with E-state index in [2.05, 4.69) is 15.5 Å². The molecule has 0 radical (unpaired) electrons. The standard InChI is InChI=1S/C16H20N4O2/c1-12-11-15(19-22-12)18-16(21)20-10-4-2-3-5-14(20)13-6-8-17-9-7-13/h6-9,11,14H,2-5,10H2,1H3,(H,18,19,21). The summed E-state index contributed by atoms with van der Waals surface area (Å²) in [6.45, 7) is 2.55. The van der Waals surface area contributed by atoms with E-state index in [-0.39, 0.29) is 12.1 Å². The number of likely N-dealkylation sites (tertiary alicyclic amines) is 1. The Kier molecular flexibility index (Phi) is 4.37. The summed E-state index contributed by atoms with van der Waals surface area (Å²) >= 11 is 0. The first-order valence-electron chi connectivity index (χ1n) is 7.65. The van der Waals surface area contributed by atoms with Crippen LogP contribution >= 0.6 is 0 Å². The summed E-state index contributed by atoms with van der Waals surface area (Å²) in [5.74, 6) is 1.14. The number of anilines is 1. The van der Waals surface area contributed by atoms with Gasteiger partial charge in [-0.2, -0.15) is 0 Å². The largest absolute Gasteiger partial charge is 0.360 e. The van der Waals surface area contributed by atoms with Crippen molar-refractivity contribution in [3.63, 3.8) is 0 Å². The van der Waals surface area contributed by atoms with Gasteiger partial charge in [0.2, 0.25) is 0 Å². The number of hydrogen-bond acceptors (Lipinski definition) is 4. The van der Waals surface area contributed by atoms with Crippen LogP contribution in [0.2, 0.25) is 0 Å². The maximum atomic E-state index is 12.6. The van der Waals surface area contributed by atoms with Crippen LogP contribution < -0.4 is 5.32 Å². The normalized spacial score (nSPS) is 18.8. The molecule has 1 N–H and O–H groups in total. The Bertz CT molecular complexity index is 626. The van der Waals surface area contributed by atoms with Crippen molar-refractivity contribution in [3.05, 3.63) is 41.9 Å². The van der Waals surface area contributed by atoms with Crippen molar-refractivity contribution in [1.82, 2.24) is 15.0 Å². The fourth-order valence-electron chi connectivity index (χ4n) is 2.89. The van der Waals surface area contributed by atoms with Crippen LogP contribution in [-0.2, 0) is 0 Å². The van der Waals surface area contributed by atoms with Crippen LogP contribution in [0.3, 0.4) is 0 Å². The van der Waals surface area contributed by atoms with Gasteiger partial charge in [0.05, 0.1) is 6.04 Å². The van der Waals surface area contributed by atoms with Gasteiger partial charge < -0.3 is 9.42 Å². The van der Waals surface area contributed by atoms with Gasteiger partial charge in [0.1, 0.15) is 5.76 Å². The van der Waals surface area contributed by atoms with Crippen LogP contribution in [0.15, 0.2) is 35.1 Å². The van der Waals surface area contributed by atoms with Gasteiger partial charge in [0.15, 0.2) is 5.82 Å². The van der Waals surface area contributed by atoms with Crippen molar-refractivity contribution < 1.29 is 9.32 Å². The molecule has 1 aliphatic rings. The molecular weight excluding hydrogens is 280 g/mol. The van der Waals surface area contributed by atoms with Gasteiger partial charge in [-0.25, -0.2) is 4.79 Å².